The first kappa shape index (κ1) is 18.1. The SMILES string of the molecule is CC(C)C(=O)c1ccc([Si](O)(C(C)(C)C)C(C)(C)C)cc1. The highest BCUT2D eigenvalue weighted by Crippen LogP contribution is 2.48. The molecule has 0 spiro atoms. The largest absolute Gasteiger partial charge is 0.426 e. The molecule has 21 heavy (non-hydrogen) atoms. The van der Waals surface area contributed by atoms with Crippen LogP contribution >= 0.6 is 0 Å². The van der Waals surface area contributed by atoms with Crippen LogP contribution in [0.5, 0.6) is 0 Å². The first-order valence-corrected chi connectivity index (χ1v) is 9.64. The molecular formula is C18H30O2Si. The summed E-state index contributed by atoms with van der Waals surface area (Å²) in [6.45, 7) is 16.5. The Morgan fingerprint density at radius 3 is 1.62 bits per heavy atom. The van der Waals surface area contributed by atoms with Gasteiger partial charge in [-0.25, -0.2) is 0 Å². The zero-order valence-electron chi connectivity index (χ0n) is 14.7. The molecule has 0 heterocycles. The number of carbonyl (C=O) groups excluding carboxylic acids is 1. The van der Waals surface area contributed by atoms with E-state index in [0.29, 0.717) is 0 Å². The van der Waals surface area contributed by atoms with Crippen LogP contribution in [0.1, 0.15) is 65.7 Å². The topological polar surface area (TPSA) is 37.3 Å². The smallest absolute Gasteiger partial charge is 0.230 e. The first-order chi connectivity index (χ1) is 9.32. The summed E-state index contributed by atoms with van der Waals surface area (Å²) in [4.78, 5) is 23.6. The molecule has 0 aromatic heterocycles. The predicted octanol–water partition coefficient (Wildman–Crippen LogP) is 4.27. The summed E-state index contributed by atoms with van der Waals surface area (Å²) in [5.74, 6) is 0.149. The van der Waals surface area contributed by atoms with Crippen LogP contribution in [0.2, 0.25) is 10.1 Å². The molecule has 1 rings (SSSR count). The Bertz CT molecular complexity index is 488. The van der Waals surface area contributed by atoms with E-state index in [2.05, 4.69) is 41.5 Å². The first-order valence-electron chi connectivity index (χ1n) is 7.69. The normalized spacial score (nSPS) is 13.6. The molecule has 0 radical (unpaired) electrons. The average Bonchev–Trinajstić information content (AvgIpc) is 2.34. The minimum atomic E-state index is -2.72. The minimum absolute atomic E-state index is 0.00258. The summed E-state index contributed by atoms with van der Waals surface area (Å²) < 4.78 is 0. The second-order valence-electron chi connectivity index (χ2n) is 8.31. The molecule has 0 saturated carbocycles. The summed E-state index contributed by atoms with van der Waals surface area (Å²) in [6, 6.07) is 7.65. The molecule has 1 aromatic carbocycles. The number of benzene rings is 1. The van der Waals surface area contributed by atoms with Crippen molar-refractivity contribution in [3.63, 3.8) is 0 Å². The summed E-state index contributed by atoms with van der Waals surface area (Å²) in [5, 5.41) is 0.659. The lowest BCUT2D eigenvalue weighted by Crippen LogP contribution is -2.61. The number of hydrogen-bond donors (Lipinski definition) is 1. The van der Waals surface area contributed by atoms with Crippen molar-refractivity contribution in [2.24, 2.45) is 5.92 Å². The average molecular weight is 307 g/mol. The van der Waals surface area contributed by atoms with Crippen molar-refractivity contribution < 1.29 is 9.59 Å². The third kappa shape index (κ3) is 3.29. The van der Waals surface area contributed by atoms with Gasteiger partial charge >= 0.3 is 0 Å². The Balaban J connectivity index is 3.34. The Morgan fingerprint density at radius 1 is 0.952 bits per heavy atom. The lowest BCUT2D eigenvalue weighted by atomic mass is 10.0. The van der Waals surface area contributed by atoms with Crippen LogP contribution in [-0.2, 0) is 0 Å². The maximum atomic E-state index is 12.0. The van der Waals surface area contributed by atoms with Gasteiger partial charge in [-0.3, -0.25) is 4.79 Å². The van der Waals surface area contributed by atoms with Gasteiger partial charge in [0.05, 0.1) is 0 Å². The summed E-state index contributed by atoms with van der Waals surface area (Å²) in [7, 11) is -2.72. The molecule has 0 saturated heterocycles. The van der Waals surface area contributed by atoms with E-state index in [0.717, 1.165) is 10.8 Å². The molecule has 118 valence electrons. The third-order valence-corrected chi connectivity index (χ3v) is 9.79. The summed E-state index contributed by atoms with van der Waals surface area (Å²) >= 11 is 0. The molecule has 0 aliphatic rings. The zero-order chi connectivity index (χ0) is 16.6. The summed E-state index contributed by atoms with van der Waals surface area (Å²) in [5.41, 5.74) is 0.730. The monoisotopic (exact) mass is 306 g/mol. The molecule has 1 aromatic rings. The van der Waals surface area contributed by atoms with Gasteiger partial charge in [0, 0.05) is 11.5 Å². The van der Waals surface area contributed by atoms with Gasteiger partial charge in [-0.05, 0) is 15.3 Å². The number of hydrogen-bond acceptors (Lipinski definition) is 2. The number of rotatable bonds is 3. The van der Waals surface area contributed by atoms with Crippen LogP contribution in [0, 0.1) is 5.92 Å². The van der Waals surface area contributed by atoms with E-state index in [4.69, 9.17) is 0 Å². The zero-order valence-corrected chi connectivity index (χ0v) is 15.7. The van der Waals surface area contributed by atoms with Gasteiger partial charge in [0.2, 0.25) is 8.32 Å². The lowest BCUT2D eigenvalue weighted by Gasteiger charge is -2.47. The van der Waals surface area contributed by atoms with Crippen molar-refractivity contribution in [2.45, 2.75) is 65.5 Å². The molecule has 0 bridgehead atoms. The highest BCUT2D eigenvalue weighted by molar-refractivity contribution is 6.90. The fraction of sp³-hybridized carbons (Fsp3) is 0.611. The van der Waals surface area contributed by atoms with Crippen molar-refractivity contribution in [3.05, 3.63) is 29.8 Å². The van der Waals surface area contributed by atoms with Gasteiger partial charge in [0.25, 0.3) is 0 Å². The van der Waals surface area contributed by atoms with E-state index in [9.17, 15) is 9.59 Å². The van der Waals surface area contributed by atoms with Crippen molar-refractivity contribution in [1.29, 1.82) is 0 Å². The quantitative estimate of drug-likeness (QED) is 0.669. The Kier molecular flexibility index (Phi) is 4.91. The van der Waals surface area contributed by atoms with Crippen LogP contribution in [0.3, 0.4) is 0 Å². The van der Waals surface area contributed by atoms with Crippen molar-refractivity contribution >= 4 is 19.3 Å². The predicted molar refractivity (Wildman–Crippen MR) is 92.6 cm³/mol. The van der Waals surface area contributed by atoms with E-state index in [1.165, 1.54) is 0 Å². The maximum Gasteiger partial charge on any atom is 0.230 e. The van der Waals surface area contributed by atoms with Crippen LogP contribution in [0.25, 0.3) is 0 Å². The second kappa shape index (κ2) is 5.69. The number of Topliss-reactive ketones (excluding diaryl/α,β-unsaturated/α-hetero) is 1. The van der Waals surface area contributed by atoms with E-state index < -0.39 is 8.32 Å². The van der Waals surface area contributed by atoms with E-state index in [1.54, 1.807) is 0 Å². The van der Waals surface area contributed by atoms with E-state index in [-0.39, 0.29) is 21.8 Å². The van der Waals surface area contributed by atoms with Crippen LogP contribution in [0.4, 0.5) is 0 Å². The van der Waals surface area contributed by atoms with Gasteiger partial charge in [0.1, 0.15) is 0 Å². The molecule has 1 N–H and O–H groups in total. The van der Waals surface area contributed by atoms with Gasteiger partial charge in [-0.15, -0.1) is 0 Å². The highest BCUT2D eigenvalue weighted by Gasteiger charge is 2.53. The van der Waals surface area contributed by atoms with Crippen LogP contribution in [-0.4, -0.2) is 18.9 Å². The molecular weight excluding hydrogens is 276 g/mol. The van der Waals surface area contributed by atoms with Crippen LogP contribution in [0.15, 0.2) is 24.3 Å². The molecule has 0 aliphatic heterocycles. The Hall–Kier alpha value is -0.933. The van der Waals surface area contributed by atoms with Gasteiger partial charge < -0.3 is 4.80 Å². The Morgan fingerprint density at radius 2 is 1.33 bits per heavy atom. The van der Waals surface area contributed by atoms with Crippen molar-refractivity contribution in [1.82, 2.24) is 0 Å². The standard InChI is InChI=1S/C18H30O2Si/c1-13(2)16(19)14-9-11-15(12-10-14)21(20,17(3,4)5)18(6,7)8/h9-13,20H,1-8H3. The highest BCUT2D eigenvalue weighted by atomic mass is 28.4. The molecule has 0 unspecified atom stereocenters. The van der Waals surface area contributed by atoms with Crippen molar-refractivity contribution in [2.75, 3.05) is 0 Å². The lowest BCUT2D eigenvalue weighted by molar-refractivity contribution is 0.0939. The van der Waals surface area contributed by atoms with Gasteiger partial charge in [-0.2, -0.15) is 0 Å². The van der Waals surface area contributed by atoms with Gasteiger partial charge in [0.15, 0.2) is 5.78 Å². The second-order valence-corrected chi connectivity index (χ2v) is 13.3. The Labute approximate surface area is 130 Å². The fourth-order valence-corrected chi connectivity index (χ4v) is 7.83. The molecule has 0 aliphatic carbocycles. The molecule has 2 nitrogen and oxygen atoms in total. The molecule has 0 atom stereocenters. The molecule has 0 amide bonds. The van der Waals surface area contributed by atoms with Crippen LogP contribution < -0.4 is 5.19 Å². The number of carbonyl (C=O) groups is 1. The maximum absolute atomic E-state index is 12.0. The number of ketones is 1. The third-order valence-electron chi connectivity index (χ3n) is 4.28. The fourth-order valence-electron chi connectivity index (χ4n) is 3.20. The van der Waals surface area contributed by atoms with E-state index >= 15 is 0 Å². The summed E-state index contributed by atoms with van der Waals surface area (Å²) in [6.07, 6.45) is 0. The minimum Gasteiger partial charge on any atom is -0.426 e. The van der Waals surface area contributed by atoms with Gasteiger partial charge in [-0.1, -0.05) is 79.7 Å². The van der Waals surface area contributed by atoms with E-state index in [1.807, 2.05) is 38.1 Å². The molecule has 3 heteroatoms. The molecule has 0 fully saturated rings. The van der Waals surface area contributed by atoms with Crippen molar-refractivity contribution in [3.8, 4) is 0 Å².